The molecule has 0 heterocycles. The topological polar surface area (TPSA) is 92.5 Å². The van der Waals surface area contributed by atoms with Crippen LogP contribution < -0.4 is 11.3 Å². The van der Waals surface area contributed by atoms with E-state index in [-0.39, 0.29) is 18.0 Å². The molecule has 0 fully saturated rings. The molecule has 0 aliphatic heterocycles. The number of aryl methyl sites for hydroxylation is 1. The van der Waals surface area contributed by atoms with E-state index in [2.05, 4.69) is 0 Å². The van der Waals surface area contributed by atoms with Crippen molar-refractivity contribution in [2.75, 3.05) is 6.54 Å². The lowest BCUT2D eigenvalue weighted by Gasteiger charge is -2.21. The molecule has 0 saturated carbocycles. The first-order chi connectivity index (χ1) is 11.3. The summed E-state index contributed by atoms with van der Waals surface area (Å²) in [6.07, 6.45) is 0. The second kappa shape index (κ2) is 7.76. The maximum Gasteiger partial charge on any atom is 0.249 e. The standard InChI is InChI=1S/C16H18ClN3O3S/c1-12-5-7-15(8-6-12)24(22,23)20(11-16(21)19-18)10-13-3-2-4-14(17)9-13/h2-9H,10-11,18H2,1H3,(H,19,21). The Hall–Kier alpha value is -1.93. The highest BCUT2D eigenvalue weighted by atomic mass is 35.5. The predicted octanol–water partition coefficient (Wildman–Crippen LogP) is 1.83. The molecule has 0 atom stereocenters. The lowest BCUT2D eigenvalue weighted by atomic mass is 10.2. The van der Waals surface area contributed by atoms with Gasteiger partial charge >= 0.3 is 0 Å². The summed E-state index contributed by atoms with van der Waals surface area (Å²) >= 11 is 5.94. The number of nitrogens with one attached hydrogen (secondary N) is 1. The largest absolute Gasteiger partial charge is 0.293 e. The van der Waals surface area contributed by atoms with E-state index >= 15 is 0 Å². The number of sulfonamides is 1. The number of hydrogen-bond donors (Lipinski definition) is 2. The van der Waals surface area contributed by atoms with Crippen molar-refractivity contribution in [2.45, 2.75) is 18.4 Å². The van der Waals surface area contributed by atoms with E-state index in [4.69, 9.17) is 17.4 Å². The van der Waals surface area contributed by atoms with Gasteiger partial charge in [0.2, 0.25) is 15.9 Å². The SMILES string of the molecule is Cc1ccc(S(=O)(=O)N(CC(=O)NN)Cc2cccc(Cl)c2)cc1. The molecule has 0 spiro atoms. The molecular formula is C16H18ClN3O3S. The van der Waals surface area contributed by atoms with Gasteiger partial charge < -0.3 is 0 Å². The molecule has 2 aromatic rings. The summed E-state index contributed by atoms with van der Waals surface area (Å²) in [5.74, 6) is 4.49. The van der Waals surface area contributed by atoms with Crippen LogP contribution in [0.5, 0.6) is 0 Å². The Morgan fingerprint density at radius 1 is 1.21 bits per heavy atom. The van der Waals surface area contributed by atoms with Crippen LogP contribution in [0.15, 0.2) is 53.4 Å². The van der Waals surface area contributed by atoms with Crippen LogP contribution >= 0.6 is 11.6 Å². The Bertz CT molecular complexity index is 823. The van der Waals surface area contributed by atoms with Crippen LogP contribution in [0.3, 0.4) is 0 Å². The zero-order valence-corrected chi connectivity index (χ0v) is 14.6. The number of nitrogens with zero attached hydrogens (tertiary/aromatic N) is 1. The van der Waals surface area contributed by atoms with Crippen LogP contribution in [-0.2, 0) is 21.4 Å². The van der Waals surface area contributed by atoms with Crippen molar-refractivity contribution in [3.05, 3.63) is 64.7 Å². The summed E-state index contributed by atoms with van der Waals surface area (Å²) < 4.78 is 26.8. The van der Waals surface area contributed by atoms with Crippen molar-refractivity contribution in [1.82, 2.24) is 9.73 Å². The molecule has 8 heteroatoms. The van der Waals surface area contributed by atoms with Crippen molar-refractivity contribution in [3.63, 3.8) is 0 Å². The number of amides is 1. The summed E-state index contributed by atoms with van der Waals surface area (Å²) in [6.45, 7) is 1.48. The second-order valence-electron chi connectivity index (χ2n) is 5.28. The fourth-order valence-electron chi connectivity index (χ4n) is 2.13. The Kier molecular flexibility index (Phi) is 5.95. The summed E-state index contributed by atoms with van der Waals surface area (Å²) in [5.41, 5.74) is 3.56. The Balaban J connectivity index is 2.37. The molecule has 2 aromatic carbocycles. The van der Waals surface area contributed by atoms with Gasteiger partial charge in [-0.1, -0.05) is 41.4 Å². The first-order valence-corrected chi connectivity index (χ1v) is 8.95. The van der Waals surface area contributed by atoms with E-state index in [1.165, 1.54) is 12.1 Å². The highest BCUT2D eigenvalue weighted by Crippen LogP contribution is 2.20. The number of hydrazine groups is 1. The number of benzene rings is 2. The molecule has 24 heavy (non-hydrogen) atoms. The lowest BCUT2D eigenvalue weighted by Crippen LogP contribution is -2.42. The van der Waals surface area contributed by atoms with Crippen LogP contribution in [0.4, 0.5) is 0 Å². The predicted molar refractivity (Wildman–Crippen MR) is 92.6 cm³/mol. The number of rotatable bonds is 6. The third-order valence-electron chi connectivity index (χ3n) is 3.39. The summed E-state index contributed by atoms with van der Waals surface area (Å²) in [6, 6.07) is 13.2. The number of nitrogens with two attached hydrogens (primary N) is 1. The van der Waals surface area contributed by atoms with Crippen molar-refractivity contribution < 1.29 is 13.2 Å². The number of halogens is 1. The van der Waals surface area contributed by atoms with Gasteiger partial charge in [-0.15, -0.1) is 0 Å². The zero-order valence-electron chi connectivity index (χ0n) is 13.1. The molecule has 0 aromatic heterocycles. The van der Waals surface area contributed by atoms with Gasteiger partial charge in [0, 0.05) is 11.6 Å². The monoisotopic (exact) mass is 367 g/mol. The molecule has 2 rings (SSSR count). The van der Waals surface area contributed by atoms with Gasteiger partial charge in [-0.2, -0.15) is 4.31 Å². The molecule has 0 radical (unpaired) electrons. The van der Waals surface area contributed by atoms with Gasteiger partial charge in [-0.3, -0.25) is 10.2 Å². The van der Waals surface area contributed by atoms with Gasteiger partial charge in [0.05, 0.1) is 11.4 Å². The smallest absolute Gasteiger partial charge is 0.249 e. The molecule has 0 aliphatic carbocycles. The van der Waals surface area contributed by atoms with E-state index in [0.29, 0.717) is 10.6 Å². The highest BCUT2D eigenvalue weighted by molar-refractivity contribution is 7.89. The van der Waals surface area contributed by atoms with E-state index in [0.717, 1.165) is 9.87 Å². The van der Waals surface area contributed by atoms with Gasteiger partial charge in [0.25, 0.3) is 0 Å². The van der Waals surface area contributed by atoms with E-state index < -0.39 is 15.9 Å². The number of carbonyl (C=O) groups is 1. The minimum Gasteiger partial charge on any atom is -0.293 e. The van der Waals surface area contributed by atoms with E-state index in [1.807, 2.05) is 12.3 Å². The Morgan fingerprint density at radius 3 is 2.46 bits per heavy atom. The first kappa shape index (κ1) is 18.4. The van der Waals surface area contributed by atoms with Crippen LogP contribution in [0.1, 0.15) is 11.1 Å². The Labute approximate surface area is 146 Å². The number of carbonyl (C=O) groups excluding carboxylic acids is 1. The molecule has 3 N–H and O–H groups in total. The van der Waals surface area contributed by atoms with Crippen LogP contribution in [-0.4, -0.2) is 25.2 Å². The molecule has 0 unspecified atom stereocenters. The summed E-state index contributed by atoms with van der Waals surface area (Å²) in [7, 11) is -3.86. The third-order valence-corrected chi connectivity index (χ3v) is 5.43. The molecule has 1 amide bonds. The maximum atomic E-state index is 12.9. The van der Waals surface area contributed by atoms with Crippen LogP contribution in [0.2, 0.25) is 5.02 Å². The van der Waals surface area contributed by atoms with Crippen molar-refractivity contribution >= 4 is 27.5 Å². The molecule has 0 bridgehead atoms. The van der Waals surface area contributed by atoms with Crippen molar-refractivity contribution in [3.8, 4) is 0 Å². The highest BCUT2D eigenvalue weighted by Gasteiger charge is 2.26. The molecule has 6 nitrogen and oxygen atoms in total. The Morgan fingerprint density at radius 2 is 1.88 bits per heavy atom. The minimum atomic E-state index is -3.86. The lowest BCUT2D eigenvalue weighted by molar-refractivity contribution is -0.121. The molecule has 0 aliphatic rings. The summed E-state index contributed by atoms with van der Waals surface area (Å²) in [5, 5.41) is 0.489. The molecule has 0 saturated heterocycles. The van der Waals surface area contributed by atoms with Crippen LogP contribution in [0, 0.1) is 6.92 Å². The second-order valence-corrected chi connectivity index (χ2v) is 7.66. The van der Waals surface area contributed by atoms with Crippen LogP contribution in [0.25, 0.3) is 0 Å². The van der Waals surface area contributed by atoms with Gasteiger partial charge in [0.1, 0.15) is 0 Å². The molecule has 128 valence electrons. The van der Waals surface area contributed by atoms with Crippen molar-refractivity contribution in [2.24, 2.45) is 5.84 Å². The molecular weight excluding hydrogens is 350 g/mol. The fourth-order valence-corrected chi connectivity index (χ4v) is 3.73. The minimum absolute atomic E-state index is 0.00416. The third kappa shape index (κ3) is 4.55. The average molecular weight is 368 g/mol. The number of hydrogen-bond acceptors (Lipinski definition) is 4. The average Bonchev–Trinajstić information content (AvgIpc) is 2.54. The quantitative estimate of drug-likeness (QED) is 0.463. The van der Waals surface area contributed by atoms with Gasteiger partial charge in [-0.05, 0) is 36.8 Å². The van der Waals surface area contributed by atoms with E-state index in [9.17, 15) is 13.2 Å². The van der Waals surface area contributed by atoms with E-state index in [1.54, 1.807) is 36.4 Å². The fraction of sp³-hybridized carbons (Fsp3) is 0.188. The maximum absolute atomic E-state index is 12.9. The normalized spacial score (nSPS) is 11.5. The van der Waals surface area contributed by atoms with Gasteiger partial charge in [-0.25, -0.2) is 14.3 Å². The first-order valence-electron chi connectivity index (χ1n) is 7.13. The van der Waals surface area contributed by atoms with Gasteiger partial charge in [0.15, 0.2) is 0 Å². The zero-order chi connectivity index (χ0) is 17.7. The van der Waals surface area contributed by atoms with Crippen molar-refractivity contribution in [1.29, 1.82) is 0 Å². The summed E-state index contributed by atoms with van der Waals surface area (Å²) in [4.78, 5) is 11.8.